The number of aryl methyl sites for hydroxylation is 1. The van der Waals surface area contributed by atoms with Gasteiger partial charge in [0.15, 0.2) is 10.8 Å². The van der Waals surface area contributed by atoms with Crippen molar-refractivity contribution in [3.05, 3.63) is 11.8 Å². The summed E-state index contributed by atoms with van der Waals surface area (Å²) in [5.74, 6) is 0.289. The monoisotopic (exact) mass is 195 g/mol. The number of fused-ring (bicyclic) bond motifs is 1. The molecule has 0 spiro atoms. The van der Waals surface area contributed by atoms with Gasteiger partial charge >= 0.3 is 0 Å². The zero-order valence-electron chi connectivity index (χ0n) is 7.35. The van der Waals surface area contributed by atoms with Crippen LogP contribution in [0.4, 0.5) is 5.95 Å². The van der Waals surface area contributed by atoms with Gasteiger partial charge in [0.25, 0.3) is 0 Å². The topological polar surface area (TPSA) is 69.1 Å². The molecule has 0 aromatic carbocycles. The molecule has 68 valence electrons. The first-order chi connectivity index (χ1) is 6.20. The fourth-order valence-corrected chi connectivity index (χ4v) is 1.62. The van der Waals surface area contributed by atoms with E-state index in [2.05, 4.69) is 15.1 Å². The molecule has 2 heterocycles. The lowest BCUT2D eigenvalue weighted by atomic mass is 10.5. The van der Waals surface area contributed by atoms with Crippen molar-refractivity contribution in [1.29, 1.82) is 0 Å². The van der Waals surface area contributed by atoms with Gasteiger partial charge in [0, 0.05) is 6.07 Å². The van der Waals surface area contributed by atoms with Crippen LogP contribution in [0, 0.1) is 6.92 Å². The first kappa shape index (κ1) is 8.31. The number of aromatic nitrogens is 4. The molecule has 0 radical (unpaired) electrons. The number of nitrogens with two attached hydrogens (primary N) is 1. The third-order valence-electron chi connectivity index (χ3n) is 1.62. The Morgan fingerprint density at radius 2 is 2.23 bits per heavy atom. The van der Waals surface area contributed by atoms with Crippen molar-refractivity contribution in [2.75, 3.05) is 12.0 Å². The molecule has 6 heteroatoms. The molecule has 0 unspecified atom stereocenters. The molecule has 0 aliphatic rings. The van der Waals surface area contributed by atoms with Gasteiger partial charge in [-0.2, -0.15) is 19.6 Å². The lowest BCUT2D eigenvalue weighted by Crippen LogP contribution is -2.03. The Morgan fingerprint density at radius 1 is 1.46 bits per heavy atom. The SMILES string of the molecule is CSc1nc(N)nc2cc(C)nn12. The summed E-state index contributed by atoms with van der Waals surface area (Å²) in [4.78, 5) is 8.12. The molecule has 2 aromatic heterocycles. The smallest absolute Gasteiger partial charge is 0.224 e. The minimum atomic E-state index is 0.289. The summed E-state index contributed by atoms with van der Waals surface area (Å²) in [6.45, 7) is 1.91. The van der Waals surface area contributed by atoms with Crippen LogP contribution in [0.15, 0.2) is 11.2 Å². The summed E-state index contributed by atoms with van der Waals surface area (Å²) in [6, 6.07) is 1.87. The summed E-state index contributed by atoms with van der Waals surface area (Å²) in [5.41, 5.74) is 7.19. The summed E-state index contributed by atoms with van der Waals surface area (Å²) >= 11 is 1.50. The average molecular weight is 195 g/mol. The fraction of sp³-hybridized carbons (Fsp3) is 0.286. The second kappa shape index (κ2) is 2.88. The Hall–Kier alpha value is -1.30. The van der Waals surface area contributed by atoms with Gasteiger partial charge in [0.1, 0.15) is 0 Å². The first-order valence-electron chi connectivity index (χ1n) is 3.74. The third-order valence-corrected chi connectivity index (χ3v) is 2.25. The maximum absolute atomic E-state index is 5.53. The summed E-state index contributed by atoms with van der Waals surface area (Å²) in [7, 11) is 0. The molecular weight excluding hydrogens is 186 g/mol. The zero-order valence-corrected chi connectivity index (χ0v) is 8.17. The summed E-state index contributed by atoms with van der Waals surface area (Å²) in [6.07, 6.45) is 1.93. The molecule has 0 aliphatic heterocycles. The Kier molecular flexibility index (Phi) is 1.84. The number of hydrogen-bond donors (Lipinski definition) is 1. The minimum absolute atomic E-state index is 0.289. The summed E-state index contributed by atoms with van der Waals surface area (Å²) in [5, 5.41) is 5.00. The van der Waals surface area contributed by atoms with Crippen molar-refractivity contribution in [3.63, 3.8) is 0 Å². The normalized spacial score (nSPS) is 10.9. The molecule has 0 aliphatic carbocycles. The van der Waals surface area contributed by atoms with E-state index in [0.29, 0.717) is 0 Å². The third kappa shape index (κ3) is 1.33. The van der Waals surface area contributed by atoms with E-state index in [0.717, 1.165) is 16.5 Å². The van der Waals surface area contributed by atoms with Crippen molar-refractivity contribution in [3.8, 4) is 0 Å². The molecule has 2 aromatic rings. The van der Waals surface area contributed by atoms with E-state index in [-0.39, 0.29) is 5.95 Å². The molecule has 13 heavy (non-hydrogen) atoms. The highest BCUT2D eigenvalue weighted by Gasteiger charge is 2.06. The minimum Gasteiger partial charge on any atom is -0.368 e. The van der Waals surface area contributed by atoms with Crippen LogP contribution in [-0.2, 0) is 0 Å². The van der Waals surface area contributed by atoms with Crippen LogP contribution in [0.1, 0.15) is 5.69 Å². The molecule has 2 rings (SSSR count). The van der Waals surface area contributed by atoms with E-state index < -0.39 is 0 Å². The van der Waals surface area contributed by atoms with Crippen LogP contribution < -0.4 is 5.73 Å². The Bertz CT molecular complexity index is 449. The van der Waals surface area contributed by atoms with E-state index in [1.54, 1.807) is 4.52 Å². The molecule has 0 saturated heterocycles. The fourth-order valence-electron chi connectivity index (χ4n) is 1.13. The van der Waals surface area contributed by atoms with Gasteiger partial charge in [0.05, 0.1) is 5.69 Å². The van der Waals surface area contributed by atoms with Gasteiger partial charge < -0.3 is 5.73 Å². The van der Waals surface area contributed by atoms with E-state index >= 15 is 0 Å². The lowest BCUT2D eigenvalue weighted by Gasteiger charge is -1.99. The van der Waals surface area contributed by atoms with Crippen molar-refractivity contribution in [2.24, 2.45) is 0 Å². The zero-order chi connectivity index (χ0) is 9.42. The van der Waals surface area contributed by atoms with Crippen LogP contribution in [0.2, 0.25) is 0 Å². The largest absolute Gasteiger partial charge is 0.368 e. The molecule has 0 fully saturated rings. The Balaban J connectivity index is 2.80. The highest BCUT2D eigenvalue weighted by Crippen LogP contribution is 2.14. The van der Waals surface area contributed by atoms with E-state index in [4.69, 9.17) is 5.73 Å². The highest BCUT2D eigenvalue weighted by molar-refractivity contribution is 7.98. The molecule has 0 atom stereocenters. The lowest BCUT2D eigenvalue weighted by molar-refractivity contribution is 0.769. The van der Waals surface area contributed by atoms with Crippen LogP contribution in [0.25, 0.3) is 5.65 Å². The average Bonchev–Trinajstić information content (AvgIpc) is 2.43. The highest BCUT2D eigenvalue weighted by atomic mass is 32.2. The predicted octanol–water partition coefficient (Wildman–Crippen LogP) is 0.737. The molecule has 0 amide bonds. The van der Waals surface area contributed by atoms with Crippen LogP contribution >= 0.6 is 11.8 Å². The first-order valence-corrected chi connectivity index (χ1v) is 4.97. The second-order valence-electron chi connectivity index (χ2n) is 2.62. The maximum Gasteiger partial charge on any atom is 0.224 e. The number of nitrogens with zero attached hydrogens (tertiary/aromatic N) is 4. The number of hydrogen-bond acceptors (Lipinski definition) is 5. The van der Waals surface area contributed by atoms with E-state index in [1.807, 2.05) is 19.2 Å². The Labute approximate surface area is 79.4 Å². The molecule has 2 N–H and O–H groups in total. The van der Waals surface area contributed by atoms with Crippen molar-refractivity contribution >= 4 is 23.4 Å². The van der Waals surface area contributed by atoms with Gasteiger partial charge in [-0.3, -0.25) is 0 Å². The van der Waals surface area contributed by atoms with Crippen molar-refractivity contribution in [1.82, 2.24) is 19.6 Å². The molecule has 0 bridgehead atoms. The van der Waals surface area contributed by atoms with Gasteiger partial charge in [0.2, 0.25) is 5.95 Å². The molecule has 0 saturated carbocycles. The quantitative estimate of drug-likeness (QED) is 0.679. The van der Waals surface area contributed by atoms with Gasteiger partial charge in [-0.05, 0) is 13.2 Å². The van der Waals surface area contributed by atoms with E-state index in [9.17, 15) is 0 Å². The van der Waals surface area contributed by atoms with Crippen LogP contribution in [0.5, 0.6) is 0 Å². The van der Waals surface area contributed by atoms with Gasteiger partial charge in [-0.1, -0.05) is 11.8 Å². The number of thioether (sulfide) groups is 1. The van der Waals surface area contributed by atoms with Crippen molar-refractivity contribution < 1.29 is 0 Å². The predicted molar refractivity (Wildman–Crippen MR) is 51.7 cm³/mol. The molecule has 5 nitrogen and oxygen atoms in total. The maximum atomic E-state index is 5.53. The van der Waals surface area contributed by atoms with E-state index in [1.165, 1.54) is 11.8 Å². The Morgan fingerprint density at radius 3 is 2.92 bits per heavy atom. The second-order valence-corrected chi connectivity index (χ2v) is 3.40. The summed E-state index contributed by atoms with van der Waals surface area (Å²) < 4.78 is 1.69. The number of nitrogen functional groups attached to an aromatic ring is 1. The van der Waals surface area contributed by atoms with Gasteiger partial charge in [-0.25, -0.2) is 0 Å². The van der Waals surface area contributed by atoms with Crippen LogP contribution in [0.3, 0.4) is 0 Å². The number of anilines is 1. The van der Waals surface area contributed by atoms with Crippen molar-refractivity contribution in [2.45, 2.75) is 12.1 Å². The standard InChI is InChI=1S/C7H9N5S/c1-4-3-5-9-6(8)10-7(13-2)12(5)11-4/h3H,1-2H3,(H2,8,9). The molecular formula is C7H9N5S. The van der Waals surface area contributed by atoms with Gasteiger partial charge in [-0.15, -0.1) is 0 Å². The number of rotatable bonds is 1. The van der Waals surface area contributed by atoms with Crippen LogP contribution in [-0.4, -0.2) is 25.8 Å².